The van der Waals surface area contributed by atoms with Crippen molar-refractivity contribution in [3.8, 4) is 11.1 Å². The molecule has 1 fully saturated rings. The molecule has 4 rings (SSSR count). The Balaban J connectivity index is 1.51. The molecule has 1 heterocycles. The van der Waals surface area contributed by atoms with E-state index in [4.69, 9.17) is 21.0 Å². The van der Waals surface area contributed by atoms with Gasteiger partial charge in [-0.2, -0.15) is 0 Å². The van der Waals surface area contributed by atoms with E-state index < -0.39 is 14.8 Å². The number of amides is 1. The number of rotatable bonds is 8. The van der Waals surface area contributed by atoms with Crippen molar-refractivity contribution in [1.82, 2.24) is 0 Å². The Morgan fingerprint density at radius 3 is 2.33 bits per heavy atom. The van der Waals surface area contributed by atoms with E-state index in [-0.39, 0.29) is 16.6 Å². The molecular formula is C25H27N5O4S2. The molecule has 0 spiro atoms. The summed E-state index contributed by atoms with van der Waals surface area (Å²) in [7, 11) is -3.88. The molecule has 1 aliphatic heterocycles. The number of primary sulfonamides is 1. The maximum atomic E-state index is 13.4. The van der Waals surface area contributed by atoms with E-state index in [2.05, 4.69) is 10.0 Å². The average Bonchev–Trinajstić information content (AvgIpc) is 2.88. The molecule has 3 aromatic rings. The first-order chi connectivity index (χ1) is 17.2. The summed E-state index contributed by atoms with van der Waals surface area (Å²) in [6.07, 6.45) is 1.03. The second-order valence-corrected chi connectivity index (χ2v) is 11.1. The zero-order chi connectivity index (χ0) is 25.8. The summed E-state index contributed by atoms with van der Waals surface area (Å²) < 4.78 is 31.9. The van der Waals surface area contributed by atoms with Crippen LogP contribution in [0.3, 0.4) is 0 Å². The highest BCUT2D eigenvalue weighted by molar-refractivity contribution is 8.02. The van der Waals surface area contributed by atoms with Crippen LogP contribution in [0.2, 0.25) is 0 Å². The smallest absolute Gasteiger partial charge is 0.242 e. The van der Waals surface area contributed by atoms with Crippen LogP contribution in [-0.2, 0) is 19.6 Å². The largest absolute Gasteiger partial charge is 0.384 e. The first-order valence-corrected chi connectivity index (χ1v) is 13.5. The summed E-state index contributed by atoms with van der Waals surface area (Å²) in [6.45, 7) is 0.914. The van der Waals surface area contributed by atoms with Gasteiger partial charge in [-0.15, -0.1) is 0 Å². The lowest BCUT2D eigenvalue weighted by Crippen LogP contribution is -2.45. The van der Waals surface area contributed by atoms with Gasteiger partial charge in [-0.25, -0.2) is 13.6 Å². The number of hydrogen-bond acceptors (Lipinski definition) is 7. The van der Waals surface area contributed by atoms with Gasteiger partial charge in [-0.3, -0.25) is 10.2 Å². The maximum Gasteiger partial charge on any atom is 0.242 e. The van der Waals surface area contributed by atoms with E-state index in [1.807, 2.05) is 6.07 Å². The Morgan fingerprint density at radius 1 is 0.972 bits per heavy atom. The number of sulfonamides is 1. The fourth-order valence-electron chi connectivity index (χ4n) is 3.91. The number of nitrogens with two attached hydrogens (primary N) is 2. The fraction of sp³-hybridized carbons (Fsp3) is 0.200. The van der Waals surface area contributed by atoms with E-state index >= 15 is 0 Å². The summed E-state index contributed by atoms with van der Waals surface area (Å²) in [5.41, 5.74) is 8.67. The number of ether oxygens (including phenoxy) is 1. The zero-order valence-electron chi connectivity index (χ0n) is 19.4. The third-order valence-corrected chi connectivity index (χ3v) is 8.19. The molecule has 1 saturated heterocycles. The Hall–Kier alpha value is -3.38. The van der Waals surface area contributed by atoms with Gasteiger partial charge in [-0.05, 0) is 60.7 Å². The number of carbonyl (C=O) groups excluding carboxylic acids is 1. The molecule has 0 atom stereocenters. The Morgan fingerprint density at radius 2 is 1.67 bits per heavy atom. The van der Waals surface area contributed by atoms with Crippen LogP contribution >= 0.6 is 11.9 Å². The van der Waals surface area contributed by atoms with Crippen molar-refractivity contribution in [2.45, 2.75) is 22.5 Å². The molecule has 11 heteroatoms. The minimum atomic E-state index is -3.88. The molecule has 7 N–H and O–H groups in total. The van der Waals surface area contributed by atoms with Gasteiger partial charge in [0.2, 0.25) is 15.9 Å². The molecule has 0 radical (unpaired) electrons. The number of benzene rings is 3. The normalized spacial score (nSPS) is 15.1. The van der Waals surface area contributed by atoms with Crippen LogP contribution in [0.5, 0.6) is 0 Å². The fourth-order valence-corrected chi connectivity index (χ4v) is 5.63. The van der Waals surface area contributed by atoms with E-state index in [0.29, 0.717) is 48.4 Å². The summed E-state index contributed by atoms with van der Waals surface area (Å²) in [4.78, 5) is 13.5. The molecule has 1 amide bonds. The van der Waals surface area contributed by atoms with Crippen molar-refractivity contribution in [2.75, 3.05) is 23.3 Å². The molecule has 0 aliphatic carbocycles. The number of amidine groups is 1. The van der Waals surface area contributed by atoms with Gasteiger partial charge in [0, 0.05) is 35.7 Å². The molecule has 0 unspecified atom stereocenters. The van der Waals surface area contributed by atoms with Crippen molar-refractivity contribution < 1.29 is 17.9 Å². The third-order valence-electron chi connectivity index (χ3n) is 5.90. The van der Waals surface area contributed by atoms with Crippen LogP contribution < -0.4 is 20.9 Å². The Labute approximate surface area is 214 Å². The lowest BCUT2D eigenvalue weighted by Gasteiger charge is -2.35. The Bertz CT molecular complexity index is 1370. The molecule has 1 aliphatic rings. The second kappa shape index (κ2) is 10.7. The van der Waals surface area contributed by atoms with Crippen LogP contribution in [0.25, 0.3) is 11.1 Å². The van der Waals surface area contributed by atoms with Crippen LogP contribution in [0.1, 0.15) is 18.4 Å². The maximum absolute atomic E-state index is 13.4. The monoisotopic (exact) mass is 525 g/mol. The highest BCUT2D eigenvalue weighted by atomic mass is 32.2. The molecule has 188 valence electrons. The van der Waals surface area contributed by atoms with Gasteiger partial charge >= 0.3 is 0 Å². The molecule has 0 aromatic heterocycles. The van der Waals surface area contributed by atoms with Crippen molar-refractivity contribution in [2.24, 2.45) is 10.9 Å². The number of hydrogen-bond donors (Lipinski definition) is 5. The van der Waals surface area contributed by atoms with Crippen molar-refractivity contribution >= 4 is 45.1 Å². The van der Waals surface area contributed by atoms with Crippen LogP contribution in [0, 0.1) is 5.41 Å². The minimum Gasteiger partial charge on any atom is -0.384 e. The first kappa shape index (κ1) is 25.7. The molecule has 0 saturated carbocycles. The predicted molar refractivity (Wildman–Crippen MR) is 143 cm³/mol. The van der Waals surface area contributed by atoms with E-state index in [0.717, 1.165) is 5.69 Å². The first-order valence-electron chi connectivity index (χ1n) is 11.2. The third kappa shape index (κ3) is 5.88. The molecule has 9 nitrogen and oxygen atoms in total. The van der Waals surface area contributed by atoms with Crippen LogP contribution in [0.4, 0.5) is 11.4 Å². The summed E-state index contributed by atoms with van der Waals surface area (Å²) in [6, 6.07) is 20.6. The van der Waals surface area contributed by atoms with E-state index in [9.17, 15) is 13.2 Å². The van der Waals surface area contributed by atoms with E-state index in [1.165, 1.54) is 18.0 Å². The lowest BCUT2D eigenvalue weighted by atomic mass is 9.97. The van der Waals surface area contributed by atoms with E-state index in [1.54, 1.807) is 60.7 Å². The number of nitrogen functional groups attached to an aromatic ring is 1. The topological polar surface area (TPSA) is 160 Å². The van der Waals surface area contributed by atoms with Crippen molar-refractivity contribution in [1.29, 1.82) is 5.41 Å². The predicted octanol–water partition coefficient (Wildman–Crippen LogP) is 3.53. The van der Waals surface area contributed by atoms with Gasteiger partial charge in [0.05, 0.1) is 4.90 Å². The highest BCUT2D eigenvalue weighted by Gasteiger charge is 2.41. The van der Waals surface area contributed by atoms with Gasteiger partial charge in [0.1, 0.15) is 10.6 Å². The molecule has 3 aromatic carbocycles. The highest BCUT2D eigenvalue weighted by Crippen LogP contribution is 2.37. The van der Waals surface area contributed by atoms with Crippen LogP contribution in [-0.4, -0.2) is 38.1 Å². The summed E-state index contributed by atoms with van der Waals surface area (Å²) in [5, 5.41) is 16.0. The molecule has 36 heavy (non-hydrogen) atoms. The number of anilines is 2. The van der Waals surface area contributed by atoms with Crippen molar-refractivity contribution in [3.05, 3.63) is 78.4 Å². The molecule has 0 bridgehead atoms. The number of nitrogens with one attached hydrogen (secondary N) is 3. The summed E-state index contributed by atoms with van der Waals surface area (Å²) in [5.74, 6) is -0.194. The van der Waals surface area contributed by atoms with Gasteiger partial charge < -0.3 is 20.5 Å². The van der Waals surface area contributed by atoms with Gasteiger partial charge in [0.25, 0.3) is 0 Å². The number of carbonyl (C=O) groups is 1. The van der Waals surface area contributed by atoms with Gasteiger partial charge in [-0.1, -0.05) is 42.5 Å². The van der Waals surface area contributed by atoms with Gasteiger partial charge in [0.15, 0.2) is 0 Å². The zero-order valence-corrected chi connectivity index (χ0v) is 21.0. The second-order valence-electron chi connectivity index (χ2n) is 8.38. The SMILES string of the molecule is N=C(N)c1cccc(NSC2(C(=O)Nc3ccc(-c4ccccc4S(N)(=O)=O)cc3)CCOCC2)c1. The van der Waals surface area contributed by atoms with Crippen molar-refractivity contribution in [3.63, 3.8) is 0 Å². The quantitative estimate of drug-likeness (QED) is 0.171. The average molecular weight is 526 g/mol. The minimum absolute atomic E-state index is 0.0303. The standard InChI is InChI=1S/C25H27N5O4S2/c26-23(27)18-4-3-5-20(16-18)30-35-25(12-14-34-15-13-25)24(31)29-19-10-8-17(9-11-19)21-6-1-2-7-22(21)36(28,32)33/h1-11,16,30H,12-15H2,(H3,26,27)(H,29,31)(H2,28,32,33). The Kier molecular flexibility index (Phi) is 7.65. The lowest BCUT2D eigenvalue weighted by molar-refractivity contribution is -0.120. The summed E-state index contributed by atoms with van der Waals surface area (Å²) >= 11 is 1.32. The van der Waals surface area contributed by atoms with Crippen LogP contribution in [0.15, 0.2) is 77.7 Å². The molecular weight excluding hydrogens is 498 g/mol.